The number of carbonyl (C=O) groups is 2. The summed E-state index contributed by atoms with van der Waals surface area (Å²) in [4.78, 5) is 28.1. The Morgan fingerprint density at radius 3 is 2.79 bits per heavy atom. The molecule has 10 heteroatoms. The Kier molecular flexibility index (Phi) is 5.11. The molecule has 3 N–H and O–H groups in total. The summed E-state index contributed by atoms with van der Waals surface area (Å²) in [5, 5.41) is 14.9. The highest BCUT2D eigenvalue weighted by Crippen LogP contribution is 2.59. The van der Waals surface area contributed by atoms with E-state index >= 15 is 0 Å². The number of piperidine rings is 1. The van der Waals surface area contributed by atoms with Crippen molar-refractivity contribution in [2.75, 3.05) is 13.2 Å². The Labute approximate surface area is 194 Å². The SMILES string of the molecule is CCOC1c2c(n(O)c3cc(S(=O)O)ccc23)C(C)(C)C2C[C@@H]3CCCN3C(=O)[C@]12NC=O. The zero-order valence-electron chi connectivity index (χ0n) is 18.9. The van der Waals surface area contributed by atoms with Crippen LogP contribution in [0.25, 0.3) is 10.9 Å². The summed E-state index contributed by atoms with van der Waals surface area (Å²) in [6.07, 6.45) is 2.27. The molecule has 3 aliphatic rings. The molecular weight excluding hydrogens is 446 g/mol. The minimum absolute atomic E-state index is 0.0899. The predicted octanol–water partition coefficient (Wildman–Crippen LogP) is 2.32. The van der Waals surface area contributed by atoms with Crippen LogP contribution in [0.3, 0.4) is 0 Å². The maximum absolute atomic E-state index is 14.1. The largest absolute Gasteiger partial charge is 0.428 e. The molecule has 3 heterocycles. The number of aromatic nitrogens is 1. The summed E-state index contributed by atoms with van der Waals surface area (Å²) in [5.41, 5.74) is -0.432. The summed E-state index contributed by atoms with van der Waals surface area (Å²) in [6, 6.07) is 4.77. The Hall–Kier alpha value is -2.43. The Bertz CT molecular complexity index is 1180. The van der Waals surface area contributed by atoms with Gasteiger partial charge in [0.1, 0.15) is 6.10 Å². The van der Waals surface area contributed by atoms with E-state index in [0.717, 1.165) is 17.6 Å². The molecule has 33 heavy (non-hydrogen) atoms. The molecule has 0 spiro atoms. The predicted molar refractivity (Wildman–Crippen MR) is 120 cm³/mol. The third-order valence-electron chi connectivity index (χ3n) is 7.99. The maximum Gasteiger partial charge on any atom is 0.251 e. The zero-order chi connectivity index (χ0) is 23.7. The molecule has 0 bridgehead atoms. The lowest BCUT2D eigenvalue weighted by Gasteiger charge is -2.59. The molecule has 5 rings (SSSR count). The van der Waals surface area contributed by atoms with E-state index < -0.39 is 28.1 Å². The molecule has 2 amide bonds. The van der Waals surface area contributed by atoms with Crippen LogP contribution in [0.2, 0.25) is 0 Å². The minimum Gasteiger partial charge on any atom is -0.428 e. The number of fused-ring (bicyclic) bond motifs is 5. The van der Waals surface area contributed by atoms with Gasteiger partial charge in [-0.1, -0.05) is 19.9 Å². The molecule has 3 unspecified atom stereocenters. The topological polar surface area (TPSA) is 121 Å². The van der Waals surface area contributed by atoms with Crippen LogP contribution >= 0.6 is 0 Å². The van der Waals surface area contributed by atoms with E-state index in [1.807, 2.05) is 25.7 Å². The van der Waals surface area contributed by atoms with Crippen LogP contribution in [0.5, 0.6) is 0 Å². The fourth-order valence-corrected chi connectivity index (χ4v) is 7.13. The van der Waals surface area contributed by atoms with Crippen molar-refractivity contribution in [3.05, 3.63) is 29.5 Å². The fraction of sp³-hybridized carbons (Fsp3) is 0.565. The first-order valence-electron chi connectivity index (χ1n) is 11.3. The molecule has 2 aliphatic heterocycles. The van der Waals surface area contributed by atoms with Crippen LogP contribution in [-0.2, 0) is 30.8 Å². The summed E-state index contributed by atoms with van der Waals surface area (Å²) >= 11 is -2.21. The van der Waals surface area contributed by atoms with Crippen LogP contribution < -0.4 is 5.32 Å². The number of hydrogen-bond donors (Lipinski definition) is 3. The number of benzene rings is 1. The van der Waals surface area contributed by atoms with Crippen LogP contribution in [0.15, 0.2) is 23.1 Å². The average Bonchev–Trinajstić information content (AvgIpc) is 3.36. The number of nitrogens with zero attached hydrogens (tertiary/aromatic N) is 2. The van der Waals surface area contributed by atoms with E-state index in [0.29, 0.717) is 48.1 Å². The number of nitrogens with one attached hydrogen (secondary N) is 1. The summed E-state index contributed by atoms with van der Waals surface area (Å²) < 4.78 is 28.6. The number of rotatable bonds is 5. The molecular formula is C23H29N3O6S. The lowest BCUT2D eigenvalue weighted by atomic mass is 9.54. The molecule has 2 saturated heterocycles. The lowest BCUT2D eigenvalue weighted by molar-refractivity contribution is -0.168. The number of carbonyl (C=O) groups excluding carboxylic acids is 2. The van der Waals surface area contributed by atoms with E-state index in [-0.39, 0.29) is 22.8 Å². The molecule has 9 nitrogen and oxygen atoms in total. The first-order valence-corrected chi connectivity index (χ1v) is 12.4. The smallest absolute Gasteiger partial charge is 0.251 e. The molecule has 178 valence electrons. The van der Waals surface area contributed by atoms with Crippen molar-refractivity contribution in [1.82, 2.24) is 14.9 Å². The molecule has 2 aromatic rings. The van der Waals surface area contributed by atoms with Crippen LogP contribution in [0, 0.1) is 5.92 Å². The first kappa shape index (κ1) is 22.4. The number of hydrogen-bond acceptors (Lipinski definition) is 5. The van der Waals surface area contributed by atoms with Crippen molar-refractivity contribution >= 4 is 34.3 Å². The van der Waals surface area contributed by atoms with Gasteiger partial charge in [0.15, 0.2) is 16.6 Å². The molecule has 0 radical (unpaired) electrons. The number of ether oxygens (including phenoxy) is 1. The Morgan fingerprint density at radius 2 is 2.12 bits per heavy atom. The lowest BCUT2D eigenvalue weighted by Crippen LogP contribution is -2.74. The van der Waals surface area contributed by atoms with Gasteiger partial charge in [-0.25, -0.2) is 4.21 Å². The van der Waals surface area contributed by atoms with E-state index in [1.54, 1.807) is 6.07 Å². The van der Waals surface area contributed by atoms with E-state index in [4.69, 9.17) is 4.74 Å². The van der Waals surface area contributed by atoms with Gasteiger partial charge in [-0.3, -0.25) is 9.59 Å². The minimum atomic E-state index is -2.21. The van der Waals surface area contributed by atoms with Gasteiger partial charge in [-0.05, 0) is 38.3 Å². The van der Waals surface area contributed by atoms with Gasteiger partial charge < -0.3 is 24.7 Å². The van der Waals surface area contributed by atoms with Gasteiger partial charge in [0, 0.05) is 41.5 Å². The van der Waals surface area contributed by atoms with Crippen molar-refractivity contribution in [3.63, 3.8) is 0 Å². The van der Waals surface area contributed by atoms with Gasteiger partial charge in [0.2, 0.25) is 6.41 Å². The van der Waals surface area contributed by atoms with Crippen LogP contribution in [-0.4, -0.2) is 60.6 Å². The van der Waals surface area contributed by atoms with Crippen LogP contribution in [0.4, 0.5) is 0 Å². The van der Waals surface area contributed by atoms with Gasteiger partial charge in [-0.2, -0.15) is 4.73 Å². The second-order valence-electron chi connectivity index (χ2n) is 9.77. The highest BCUT2D eigenvalue weighted by atomic mass is 32.2. The van der Waals surface area contributed by atoms with E-state index in [2.05, 4.69) is 5.32 Å². The number of amides is 2. The first-order chi connectivity index (χ1) is 15.7. The highest BCUT2D eigenvalue weighted by Gasteiger charge is 2.67. The summed E-state index contributed by atoms with van der Waals surface area (Å²) in [7, 11) is 0. The normalized spacial score (nSPS) is 31.1. The quantitative estimate of drug-likeness (QED) is 0.347. The third-order valence-corrected chi connectivity index (χ3v) is 8.65. The molecule has 0 saturated carbocycles. The van der Waals surface area contributed by atoms with Crippen molar-refractivity contribution in [2.45, 2.75) is 68.0 Å². The molecule has 2 fully saturated rings. The highest BCUT2D eigenvalue weighted by molar-refractivity contribution is 7.79. The van der Waals surface area contributed by atoms with E-state index in [1.165, 1.54) is 12.1 Å². The molecule has 1 aliphatic carbocycles. The van der Waals surface area contributed by atoms with Gasteiger partial charge in [0.05, 0.1) is 16.1 Å². The second-order valence-corrected chi connectivity index (χ2v) is 10.7. The van der Waals surface area contributed by atoms with Crippen molar-refractivity contribution in [1.29, 1.82) is 0 Å². The Morgan fingerprint density at radius 1 is 1.36 bits per heavy atom. The van der Waals surface area contributed by atoms with Crippen molar-refractivity contribution in [2.24, 2.45) is 5.92 Å². The molecule has 5 atom stereocenters. The third kappa shape index (κ3) is 2.80. The van der Waals surface area contributed by atoms with Gasteiger partial charge in [0.25, 0.3) is 5.91 Å². The summed E-state index contributed by atoms with van der Waals surface area (Å²) in [6.45, 7) is 6.74. The van der Waals surface area contributed by atoms with Crippen molar-refractivity contribution in [3.8, 4) is 0 Å². The van der Waals surface area contributed by atoms with Crippen molar-refractivity contribution < 1.29 is 28.3 Å². The van der Waals surface area contributed by atoms with Gasteiger partial charge in [-0.15, -0.1) is 0 Å². The second kappa shape index (κ2) is 7.54. The van der Waals surface area contributed by atoms with E-state index in [9.17, 15) is 23.6 Å². The Balaban J connectivity index is 1.85. The standard InChI is InChI=1S/C23H29N3O6S/c1-4-32-20-18-15-8-7-14(33(30)31)11-16(15)26(29)19(18)22(2,3)17-10-13-6-5-9-25(13)21(28)23(17,20)24-12-27/h7-8,11-13,17,20,29H,4-6,9-10H2,1-3H3,(H,24,27)(H,30,31)/t13-,17?,20?,23+/m0/s1. The molecule has 1 aromatic heterocycles. The maximum atomic E-state index is 14.1. The fourth-order valence-electron chi connectivity index (χ4n) is 6.73. The zero-order valence-corrected chi connectivity index (χ0v) is 19.7. The van der Waals surface area contributed by atoms with Crippen LogP contribution in [0.1, 0.15) is 57.4 Å². The monoisotopic (exact) mass is 475 g/mol. The molecule has 1 aromatic carbocycles. The van der Waals surface area contributed by atoms with Gasteiger partial charge >= 0.3 is 0 Å². The average molecular weight is 476 g/mol. The summed E-state index contributed by atoms with van der Waals surface area (Å²) in [5.74, 6) is -0.467.